The average molecular weight is 934 g/mol. The Morgan fingerprint density at radius 3 is 1.55 bits per heavy atom. The van der Waals surface area contributed by atoms with E-state index in [9.17, 15) is 9.59 Å². The Morgan fingerprint density at radius 2 is 1.09 bits per heavy atom. The first-order valence-electron chi connectivity index (χ1n) is 23.0. The number of halogens is 2. The third-order valence-corrected chi connectivity index (χ3v) is 13.1. The minimum absolute atomic E-state index is 0.0489. The molecule has 4 aromatic heterocycles. The van der Waals surface area contributed by atoms with E-state index in [2.05, 4.69) is 50.2 Å². The molecule has 0 unspecified atom stereocenters. The number of aromatic nitrogens is 6. The van der Waals surface area contributed by atoms with Gasteiger partial charge < -0.3 is 30.4 Å². The minimum atomic E-state index is -0.0722. The lowest BCUT2D eigenvalue weighted by Gasteiger charge is -2.36. The second kappa shape index (κ2) is 22.3. The van der Waals surface area contributed by atoms with Crippen molar-refractivity contribution < 1.29 is 14.7 Å². The van der Waals surface area contributed by atoms with Crippen molar-refractivity contribution in [2.24, 2.45) is 0 Å². The van der Waals surface area contributed by atoms with E-state index in [0.29, 0.717) is 76.9 Å². The predicted molar refractivity (Wildman–Crippen MR) is 263 cm³/mol. The molecule has 346 valence electrons. The van der Waals surface area contributed by atoms with Gasteiger partial charge in [0, 0.05) is 85.5 Å². The molecule has 2 aromatic carbocycles. The van der Waals surface area contributed by atoms with Crippen molar-refractivity contribution in [2.45, 2.75) is 71.3 Å². The van der Waals surface area contributed by atoms with Gasteiger partial charge in [-0.3, -0.25) is 14.5 Å². The summed E-state index contributed by atoms with van der Waals surface area (Å²) in [6.07, 6.45) is 10.4. The van der Waals surface area contributed by atoms with E-state index in [1.54, 1.807) is 12.4 Å². The van der Waals surface area contributed by atoms with E-state index in [-0.39, 0.29) is 18.4 Å². The first kappa shape index (κ1) is 46.9. The number of anilines is 4. The van der Waals surface area contributed by atoms with Crippen molar-refractivity contribution in [2.75, 3.05) is 85.9 Å². The molecule has 0 bridgehead atoms. The number of aliphatic hydroxyl groups excluding tert-OH is 1. The molecule has 3 saturated heterocycles. The lowest BCUT2D eigenvalue weighted by atomic mass is 10.0. The van der Waals surface area contributed by atoms with Crippen molar-refractivity contribution in [3.05, 3.63) is 106 Å². The van der Waals surface area contributed by atoms with Gasteiger partial charge >= 0.3 is 0 Å². The van der Waals surface area contributed by atoms with Gasteiger partial charge in [-0.1, -0.05) is 47.5 Å². The molecule has 17 heteroatoms. The monoisotopic (exact) mass is 932 g/mol. The summed E-state index contributed by atoms with van der Waals surface area (Å²) < 4.78 is 0. The maximum Gasteiger partial charge on any atom is 0.227 e. The summed E-state index contributed by atoms with van der Waals surface area (Å²) in [5.41, 5.74) is 6.44. The van der Waals surface area contributed by atoms with Gasteiger partial charge in [0.05, 0.1) is 41.8 Å². The van der Waals surface area contributed by atoms with E-state index >= 15 is 0 Å². The average Bonchev–Trinajstić information content (AvgIpc) is 3.88. The van der Waals surface area contributed by atoms with Crippen molar-refractivity contribution in [3.63, 3.8) is 0 Å². The molecule has 9 rings (SSSR count). The summed E-state index contributed by atoms with van der Waals surface area (Å²) in [6.45, 7) is 12.6. The Kier molecular flexibility index (Phi) is 15.8. The van der Waals surface area contributed by atoms with Crippen molar-refractivity contribution in [3.8, 4) is 0 Å². The van der Waals surface area contributed by atoms with Crippen LogP contribution < -0.4 is 20.4 Å². The van der Waals surface area contributed by atoms with Crippen LogP contribution in [0.1, 0.15) is 61.0 Å². The van der Waals surface area contributed by atoms with Crippen LogP contribution in [-0.2, 0) is 22.4 Å². The van der Waals surface area contributed by atoms with Gasteiger partial charge in [0.1, 0.15) is 0 Å². The van der Waals surface area contributed by atoms with E-state index in [1.807, 2.05) is 74.5 Å². The van der Waals surface area contributed by atoms with Crippen LogP contribution in [0.15, 0.2) is 73.1 Å². The van der Waals surface area contributed by atoms with E-state index in [0.717, 1.165) is 91.3 Å². The second-order valence-corrected chi connectivity index (χ2v) is 18.1. The predicted octanol–water partition coefficient (Wildman–Crippen LogP) is 7.29. The fraction of sp³-hybridized carbons (Fsp3) is 0.429. The Hall–Kier alpha value is -5.58. The Balaban J connectivity index is 0.000000180. The summed E-state index contributed by atoms with van der Waals surface area (Å²) in [5, 5.41) is 18.0. The number of pyridine rings is 2. The smallest absolute Gasteiger partial charge is 0.227 e. The van der Waals surface area contributed by atoms with Gasteiger partial charge in [-0.2, -0.15) is 9.97 Å². The number of fused-ring (bicyclic) bond motifs is 2. The Morgan fingerprint density at radius 1 is 0.636 bits per heavy atom. The topological polar surface area (TPSA) is 169 Å². The fourth-order valence-electron chi connectivity index (χ4n) is 8.82. The highest BCUT2D eigenvalue weighted by atomic mass is 35.5. The number of aryl methyl sites for hydroxylation is 4. The molecule has 0 atom stereocenters. The summed E-state index contributed by atoms with van der Waals surface area (Å²) in [5.74, 6) is 1.31. The van der Waals surface area contributed by atoms with Gasteiger partial charge in [-0.05, 0) is 113 Å². The number of nitrogens with one attached hydrogen (secondary N) is 2. The number of hydrogen-bond acceptors (Lipinski definition) is 13. The number of likely N-dealkylation sites (tertiary alicyclic amines) is 1. The van der Waals surface area contributed by atoms with Crippen LogP contribution in [0, 0.1) is 13.8 Å². The van der Waals surface area contributed by atoms with E-state index < -0.39 is 0 Å². The first-order chi connectivity index (χ1) is 32.1. The van der Waals surface area contributed by atoms with Gasteiger partial charge in [0.2, 0.25) is 23.7 Å². The molecule has 3 aliphatic rings. The normalized spacial score (nSPS) is 16.1. The molecule has 7 heterocycles. The standard InChI is InChI=1S/C26H31ClN6O.C23H27ClN6O2/c1-18-23-16-21(30-24(34)9-6-19-4-7-20(27)8-5-19)17-28-25(23)31-26(29-18)33-14-10-22(11-15-33)32-12-2-3-13-32;1-16-20-14-19(27-21(32)7-4-17-2-5-18(24)6-3-17)15-25-22(20)28-23(26-16)30-10-8-29(9-11-30)12-13-31/h4-5,7-8,16-17,22H,2-3,6,9-15H2,1H3,(H,30,34);2-3,5-6,14-15,31H,4,7-13H2,1H3,(H,27,32). The number of rotatable bonds is 13. The lowest BCUT2D eigenvalue weighted by molar-refractivity contribution is -0.117. The Labute approximate surface area is 396 Å². The summed E-state index contributed by atoms with van der Waals surface area (Å²) in [6, 6.07) is 19.6. The zero-order chi connectivity index (χ0) is 46.0. The molecule has 0 spiro atoms. The number of piperazine rings is 1. The number of nitrogens with zero attached hydrogens (tertiary/aromatic N) is 10. The summed E-state index contributed by atoms with van der Waals surface area (Å²) in [7, 11) is 0. The third kappa shape index (κ3) is 12.4. The molecule has 0 radical (unpaired) electrons. The molecule has 2 amide bonds. The first-order valence-corrected chi connectivity index (χ1v) is 23.8. The van der Waals surface area contributed by atoms with Crippen molar-refractivity contribution in [1.29, 1.82) is 0 Å². The zero-order valence-corrected chi connectivity index (χ0v) is 39.2. The second-order valence-electron chi connectivity index (χ2n) is 17.3. The van der Waals surface area contributed by atoms with Gasteiger partial charge in [0.25, 0.3) is 0 Å². The molecular weight excluding hydrogens is 876 g/mol. The van der Waals surface area contributed by atoms with Crippen LogP contribution in [0.4, 0.5) is 23.3 Å². The van der Waals surface area contributed by atoms with Gasteiger partial charge in [-0.15, -0.1) is 0 Å². The molecule has 15 nitrogen and oxygen atoms in total. The van der Waals surface area contributed by atoms with Crippen LogP contribution >= 0.6 is 23.2 Å². The Bertz CT molecular complexity index is 2600. The highest BCUT2D eigenvalue weighted by Gasteiger charge is 2.28. The van der Waals surface area contributed by atoms with Crippen molar-refractivity contribution in [1.82, 2.24) is 39.7 Å². The molecule has 0 aliphatic carbocycles. The van der Waals surface area contributed by atoms with E-state index in [4.69, 9.17) is 38.3 Å². The minimum Gasteiger partial charge on any atom is -0.395 e. The lowest BCUT2D eigenvalue weighted by Crippen LogP contribution is -2.47. The molecule has 3 N–H and O–H groups in total. The molecular formula is C49H58Cl2N12O3. The maximum absolute atomic E-state index is 12.4. The van der Waals surface area contributed by atoms with Gasteiger partial charge in [-0.25, -0.2) is 19.9 Å². The number of carbonyl (C=O) groups is 2. The van der Waals surface area contributed by atoms with Crippen LogP contribution in [0.3, 0.4) is 0 Å². The number of carbonyl (C=O) groups excluding carboxylic acids is 2. The molecule has 3 aliphatic heterocycles. The van der Waals surface area contributed by atoms with Crippen molar-refractivity contribution >= 4 is 80.4 Å². The highest BCUT2D eigenvalue weighted by Crippen LogP contribution is 2.27. The quantitative estimate of drug-likeness (QED) is 0.106. The third-order valence-electron chi connectivity index (χ3n) is 12.6. The van der Waals surface area contributed by atoms with Crippen LogP contribution in [0.5, 0.6) is 0 Å². The SMILES string of the molecule is Cc1nc(N2CCC(N3CCCC3)CC2)nc2ncc(NC(=O)CCc3ccc(Cl)cc3)cc12.Cc1nc(N2CCN(CCO)CC2)nc2ncc(NC(=O)CCc3ccc(Cl)cc3)cc12. The number of benzene rings is 2. The van der Waals surface area contributed by atoms with E-state index in [1.165, 1.54) is 25.9 Å². The molecule has 3 fully saturated rings. The summed E-state index contributed by atoms with van der Waals surface area (Å²) in [4.78, 5) is 62.0. The highest BCUT2D eigenvalue weighted by molar-refractivity contribution is 6.30. The molecule has 66 heavy (non-hydrogen) atoms. The number of amides is 2. The fourth-order valence-corrected chi connectivity index (χ4v) is 9.07. The zero-order valence-electron chi connectivity index (χ0n) is 37.7. The van der Waals surface area contributed by atoms with Crippen LogP contribution in [0.25, 0.3) is 22.1 Å². The van der Waals surface area contributed by atoms with Gasteiger partial charge in [0.15, 0.2) is 11.3 Å². The largest absolute Gasteiger partial charge is 0.395 e. The number of β-amino-alcohol motifs (C(OH)–C–C–N with tert-alkyl or cyclic N) is 1. The summed E-state index contributed by atoms with van der Waals surface area (Å²) >= 11 is 11.8. The number of aliphatic hydroxyl groups is 1. The number of piperidine rings is 1. The number of hydrogen-bond donors (Lipinski definition) is 3. The maximum atomic E-state index is 12.4. The molecule has 0 saturated carbocycles. The van der Waals surface area contributed by atoms with Crippen LogP contribution in [-0.4, -0.2) is 128 Å². The van der Waals surface area contributed by atoms with Crippen LogP contribution in [0.2, 0.25) is 10.0 Å². The molecule has 6 aromatic rings.